The SMILES string of the molecule is CCCC1NC(Cc2ccccc2)C(=O)N1CCN(C)C. The minimum absolute atomic E-state index is 0.0777. The maximum absolute atomic E-state index is 12.7. The summed E-state index contributed by atoms with van der Waals surface area (Å²) in [5, 5.41) is 3.52. The van der Waals surface area contributed by atoms with Gasteiger partial charge in [0.2, 0.25) is 5.91 Å². The average molecular weight is 289 g/mol. The predicted molar refractivity (Wildman–Crippen MR) is 86.0 cm³/mol. The Bertz CT molecular complexity index is 447. The lowest BCUT2D eigenvalue weighted by atomic mass is 10.1. The van der Waals surface area contributed by atoms with Crippen LogP contribution in [0.2, 0.25) is 0 Å². The molecule has 0 radical (unpaired) electrons. The molecule has 1 aliphatic rings. The quantitative estimate of drug-likeness (QED) is 0.830. The van der Waals surface area contributed by atoms with Gasteiger partial charge >= 0.3 is 0 Å². The van der Waals surface area contributed by atoms with Crippen molar-refractivity contribution in [3.05, 3.63) is 35.9 Å². The summed E-state index contributed by atoms with van der Waals surface area (Å²) in [6.07, 6.45) is 3.07. The maximum atomic E-state index is 12.7. The smallest absolute Gasteiger partial charge is 0.241 e. The number of nitrogens with one attached hydrogen (secondary N) is 1. The highest BCUT2D eigenvalue weighted by Crippen LogP contribution is 2.18. The molecule has 1 amide bonds. The summed E-state index contributed by atoms with van der Waals surface area (Å²) in [6.45, 7) is 3.88. The van der Waals surface area contributed by atoms with E-state index in [2.05, 4.69) is 29.3 Å². The molecule has 21 heavy (non-hydrogen) atoms. The molecule has 2 rings (SSSR count). The third-order valence-corrected chi connectivity index (χ3v) is 3.98. The molecule has 0 aliphatic carbocycles. The molecule has 1 aliphatic heterocycles. The summed E-state index contributed by atoms with van der Waals surface area (Å²) in [5.74, 6) is 0.249. The van der Waals surface area contributed by atoms with Crippen LogP contribution in [-0.2, 0) is 11.2 Å². The topological polar surface area (TPSA) is 35.6 Å². The first kappa shape index (κ1) is 16.0. The lowest BCUT2D eigenvalue weighted by Crippen LogP contribution is -2.41. The van der Waals surface area contributed by atoms with Crippen LogP contribution in [0.4, 0.5) is 0 Å². The first-order valence-electron chi connectivity index (χ1n) is 7.87. The summed E-state index contributed by atoms with van der Waals surface area (Å²) < 4.78 is 0. The second-order valence-corrected chi connectivity index (χ2v) is 6.05. The Kier molecular flexibility index (Phi) is 5.76. The molecule has 4 nitrogen and oxygen atoms in total. The fourth-order valence-electron chi connectivity index (χ4n) is 2.83. The fraction of sp³-hybridized carbons (Fsp3) is 0.588. The van der Waals surface area contributed by atoms with Crippen LogP contribution in [0.1, 0.15) is 25.3 Å². The molecule has 1 aromatic rings. The summed E-state index contributed by atoms with van der Waals surface area (Å²) in [6, 6.07) is 10.2. The Morgan fingerprint density at radius 1 is 1.24 bits per heavy atom. The van der Waals surface area contributed by atoms with E-state index in [4.69, 9.17) is 0 Å². The van der Waals surface area contributed by atoms with E-state index in [0.717, 1.165) is 32.4 Å². The highest BCUT2D eigenvalue weighted by Gasteiger charge is 2.37. The van der Waals surface area contributed by atoms with Gasteiger partial charge in [-0.05, 0) is 32.5 Å². The number of hydrogen-bond donors (Lipinski definition) is 1. The van der Waals surface area contributed by atoms with Crippen LogP contribution >= 0.6 is 0 Å². The van der Waals surface area contributed by atoms with E-state index in [9.17, 15) is 4.79 Å². The molecular weight excluding hydrogens is 262 g/mol. The zero-order valence-corrected chi connectivity index (χ0v) is 13.4. The lowest BCUT2D eigenvalue weighted by Gasteiger charge is -2.25. The molecule has 2 unspecified atom stereocenters. The van der Waals surface area contributed by atoms with Gasteiger partial charge in [-0.3, -0.25) is 10.1 Å². The predicted octanol–water partition coefficient (Wildman–Crippen LogP) is 1.72. The normalized spacial score (nSPS) is 22.3. The highest BCUT2D eigenvalue weighted by atomic mass is 16.2. The molecular formula is C17H27N3O. The second kappa shape index (κ2) is 7.57. The van der Waals surface area contributed by atoms with Crippen LogP contribution in [0.3, 0.4) is 0 Å². The van der Waals surface area contributed by atoms with Gasteiger partial charge in [0.05, 0.1) is 12.2 Å². The molecule has 1 heterocycles. The Labute approximate surface area is 128 Å². The van der Waals surface area contributed by atoms with Gasteiger partial charge in [0.1, 0.15) is 0 Å². The minimum Gasteiger partial charge on any atom is -0.325 e. The molecule has 1 N–H and O–H groups in total. The van der Waals surface area contributed by atoms with Crippen molar-refractivity contribution in [1.29, 1.82) is 0 Å². The van der Waals surface area contributed by atoms with E-state index in [-0.39, 0.29) is 18.1 Å². The third-order valence-electron chi connectivity index (χ3n) is 3.98. The van der Waals surface area contributed by atoms with Crippen LogP contribution in [0.15, 0.2) is 30.3 Å². The van der Waals surface area contributed by atoms with Crippen LogP contribution in [0.5, 0.6) is 0 Å². The van der Waals surface area contributed by atoms with E-state index < -0.39 is 0 Å². The van der Waals surface area contributed by atoms with Gasteiger partial charge in [-0.25, -0.2) is 0 Å². The third kappa shape index (κ3) is 4.29. The van der Waals surface area contributed by atoms with Crippen molar-refractivity contribution in [3.63, 3.8) is 0 Å². The Hall–Kier alpha value is -1.39. The molecule has 0 aromatic heterocycles. The average Bonchev–Trinajstić information content (AvgIpc) is 2.74. The van der Waals surface area contributed by atoms with Crippen LogP contribution in [0, 0.1) is 0 Å². The van der Waals surface area contributed by atoms with Gasteiger partial charge in [0.25, 0.3) is 0 Å². The van der Waals surface area contributed by atoms with Crippen LogP contribution < -0.4 is 5.32 Å². The Morgan fingerprint density at radius 3 is 2.57 bits per heavy atom. The standard InChI is InChI=1S/C17H27N3O/c1-4-8-16-18-15(13-14-9-6-5-7-10-14)17(21)20(16)12-11-19(2)3/h5-7,9-10,15-16,18H,4,8,11-13H2,1-3H3. The number of amides is 1. The van der Waals surface area contributed by atoms with Crippen LogP contribution in [0.25, 0.3) is 0 Å². The Morgan fingerprint density at radius 2 is 1.95 bits per heavy atom. The summed E-state index contributed by atoms with van der Waals surface area (Å²) in [5.41, 5.74) is 1.22. The lowest BCUT2D eigenvalue weighted by molar-refractivity contribution is -0.130. The number of benzene rings is 1. The van der Waals surface area contributed by atoms with Crippen molar-refractivity contribution in [2.45, 2.75) is 38.4 Å². The van der Waals surface area contributed by atoms with Gasteiger partial charge in [-0.2, -0.15) is 0 Å². The van der Waals surface area contributed by atoms with Crippen molar-refractivity contribution >= 4 is 5.91 Å². The largest absolute Gasteiger partial charge is 0.325 e. The number of carbonyl (C=O) groups excluding carboxylic acids is 1. The van der Waals surface area contributed by atoms with Gasteiger partial charge in [0, 0.05) is 13.1 Å². The molecule has 116 valence electrons. The number of nitrogens with zero attached hydrogens (tertiary/aromatic N) is 2. The second-order valence-electron chi connectivity index (χ2n) is 6.05. The van der Waals surface area contributed by atoms with E-state index in [1.165, 1.54) is 5.56 Å². The van der Waals surface area contributed by atoms with E-state index in [1.54, 1.807) is 0 Å². The summed E-state index contributed by atoms with van der Waals surface area (Å²) >= 11 is 0. The molecule has 0 saturated carbocycles. The first-order chi connectivity index (χ1) is 10.1. The van der Waals surface area contributed by atoms with E-state index in [1.807, 2.05) is 37.2 Å². The minimum atomic E-state index is -0.0777. The van der Waals surface area contributed by atoms with E-state index >= 15 is 0 Å². The van der Waals surface area contributed by atoms with Crippen molar-refractivity contribution in [2.75, 3.05) is 27.2 Å². The Balaban J connectivity index is 2.02. The van der Waals surface area contributed by atoms with Crippen LogP contribution in [-0.4, -0.2) is 55.1 Å². The zero-order valence-electron chi connectivity index (χ0n) is 13.4. The van der Waals surface area contributed by atoms with Gasteiger partial charge in [0.15, 0.2) is 0 Å². The summed E-state index contributed by atoms with van der Waals surface area (Å²) in [4.78, 5) is 16.8. The maximum Gasteiger partial charge on any atom is 0.241 e. The number of hydrogen-bond acceptors (Lipinski definition) is 3. The monoisotopic (exact) mass is 289 g/mol. The van der Waals surface area contributed by atoms with Gasteiger partial charge < -0.3 is 9.80 Å². The fourth-order valence-corrected chi connectivity index (χ4v) is 2.83. The molecule has 1 saturated heterocycles. The van der Waals surface area contributed by atoms with Crippen molar-refractivity contribution < 1.29 is 4.79 Å². The van der Waals surface area contributed by atoms with Crippen molar-refractivity contribution in [2.24, 2.45) is 0 Å². The molecule has 1 fully saturated rings. The van der Waals surface area contributed by atoms with E-state index in [0.29, 0.717) is 0 Å². The molecule has 0 bridgehead atoms. The highest BCUT2D eigenvalue weighted by molar-refractivity contribution is 5.84. The van der Waals surface area contributed by atoms with Gasteiger partial charge in [-0.1, -0.05) is 43.7 Å². The number of likely N-dealkylation sites (N-methyl/N-ethyl adjacent to an activating group) is 1. The summed E-state index contributed by atoms with van der Waals surface area (Å²) in [7, 11) is 4.09. The van der Waals surface area contributed by atoms with Crippen molar-refractivity contribution in [3.8, 4) is 0 Å². The molecule has 2 atom stereocenters. The number of carbonyl (C=O) groups is 1. The van der Waals surface area contributed by atoms with Gasteiger partial charge in [-0.15, -0.1) is 0 Å². The molecule has 0 spiro atoms. The molecule has 4 heteroatoms. The van der Waals surface area contributed by atoms with Crippen molar-refractivity contribution in [1.82, 2.24) is 15.1 Å². The number of rotatable bonds is 7. The zero-order chi connectivity index (χ0) is 15.2. The first-order valence-corrected chi connectivity index (χ1v) is 7.87. The molecule has 1 aromatic carbocycles.